The molecule has 202 valence electrons. The van der Waals surface area contributed by atoms with E-state index in [1.165, 1.54) is 4.68 Å². The summed E-state index contributed by atoms with van der Waals surface area (Å²) in [6.07, 6.45) is 7.06. The number of carbonyl (C=O) groups excluding carboxylic acids is 4. The molecule has 1 aliphatic heterocycles. The number of nitrogens with two attached hydrogens (primary N) is 1. The van der Waals surface area contributed by atoms with Crippen LogP contribution in [0.2, 0.25) is 0 Å². The average Bonchev–Trinajstić information content (AvgIpc) is 3.59. The van der Waals surface area contributed by atoms with Gasteiger partial charge in [0, 0.05) is 44.4 Å². The first-order valence-corrected chi connectivity index (χ1v) is 13.3. The van der Waals surface area contributed by atoms with Crippen molar-refractivity contribution >= 4 is 29.4 Å². The zero-order valence-electron chi connectivity index (χ0n) is 21.8. The quantitative estimate of drug-likeness (QED) is 0.435. The highest BCUT2D eigenvalue weighted by molar-refractivity contribution is 6.01. The molecule has 1 saturated carbocycles. The highest BCUT2D eigenvalue weighted by atomic mass is 16.2. The van der Waals surface area contributed by atoms with Gasteiger partial charge in [-0.25, -0.2) is 4.79 Å². The Labute approximate surface area is 221 Å². The van der Waals surface area contributed by atoms with Crippen LogP contribution in [0, 0.1) is 5.92 Å². The fourth-order valence-corrected chi connectivity index (χ4v) is 6.19. The van der Waals surface area contributed by atoms with Crippen LogP contribution < -0.4 is 21.7 Å². The second-order valence-electron chi connectivity index (χ2n) is 10.9. The van der Waals surface area contributed by atoms with Crippen molar-refractivity contribution in [3.63, 3.8) is 0 Å². The molecular formula is C27H35N7O4. The molecule has 2 fully saturated rings. The van der Waals surface area contributed by atoms with Crippen LogP contribution in [0.25, 0.3) is 0 Å². The third-order valence-corrected chi connectivity index (χ3v) is 8.23. The van der Waals surface area contributed by atoms with Gasteiger partial charge in [-0.15, -0.1) is 0 Å². The molecule has 38 heavy (non-hydrogen) atoms. The number of urea groups is 1. The second-order valence-corrected chi connectivity index (χ2v) is 10.9. The molecular weight excluding hydrogens is 486 g/mol. The summed E-state index contributed by atoms with van der Waals surface area (Å²) < 4.78 is 1.48. The summed E-state index contributed by atoms with van der Waals surface area (Å²) in [6, 6.07) is 6.07. The maximum Gasteiger partial charge on any atom is 0.318 e. The normalized spacial score (nSPS) is 24.0. The van der Waals surface area contributed by atoms with Gasteiger partial charge in [-0.3, -0.25) is 19.1 Å². The summed E-state index contributed by atoms with van der Waals surface area (Å²) >= 11 is 0. The minimum atomic E-state index is -1.14. The molecule has 2 aliphatic carbocycles. The van der Waals surface area contributed by atoms with Crippen molar-refractivity contribution in [2.45, 2.75) is 69.5 Å². The molecule has 5 N–H and O–H groups in total. The molecule has 11 nitrogen and oxygen atoms in total. The minimum absolute atomic E-state index is 0.0357. The maximum atomic E-state index is 13.5. The number of nitrogens with zero attached hydrogens (tertiary/aromatic N) is 3. The molecule has 2 unspecified atom stereocenters. The standard InChI is InChI=1S/C27H35N7O4/c1-16-15-34(26(38)30-16)27(25(28)37)13-18-8-9-20(12-19(18)14-27)31-24(36)22(17-6-4-3-5-7-17)32-23(35)21-10-11-29-33(21)2/h8-12,16-17,22H,3-7,13-15H2,1-2H3,(H2,28,37)(H,30,38)(H,31,36)(H,32,35)/t16?,22-,27?/m0/s1. The van der Waals surface area contributed by atoms with Gasteiger partial charge in [0.2, 0.25) is 11.8 Å². The third-order valence-electron chi connectivity index (χ3n) is 8.23. The van der Waals surface area contributed by atoms with E-state index in [4.69, 9.17) is 5.73 Å². The molecule has 1 aromatic carbocycles. The van der Waals surface area contributed by atoms with E-state index < -0.39 is 17.5 Å². The van der Waals surface area contributed by atoms with Crippen molar-refractivity contribution in [3.8, 4) is 0 Å². The topological polar surface area (TPSA) is 151 Å². The van der Waals surface area contributed by atoms with E-state index in [9.17, 15) is 19.2 Å². The smallest absolute Gasteiger partial charge is 0.318 e. The molecule has 2 heterocycles. The predicted octanol–water partition coefficient (Wildman–Crippen LogP) is 1.47. The van der Waals surface area contributed by atoms with Crippen molar-refractivity contribution in [1.29, 1.82) is 0 Å². The van der Waals surface area contributed by atoms with Crippen LogP contribution in [0.15, 0.2) is 30.5 Å². The molecule has 3 atom stereocenters. The van der Waals surface area contributed by atoms with Gasteiger partial charge in [0.05, 0.1) is 0 Å². The Bertz CT molecular complexity index is 1270. The molecule has 1 saturated heterocycles. The van der Waals surface area contributed by atoms with Crippen LogP contribution in [0.5, 0.6) is 0 Å². The van der Waals surface area contributed by atoms with Crippen molar-refractivity contribution in [3.05, 3.63) is 47.3 Å². The lowest BCUT2D eigenvalue weighted by Crippen LogP contribution is -2.59. The highest BCUT2D eigenvalue weighted by Crippen LogP contribution is 2.37. The summed E-state index contributed by atoms with van der Waals surface area (Å²) in [5.41, 5.74) is 7.47. The van der Waals surface area contributed by atoms with E-state index in [0.29, 0.717) is 24.3 Å². The van der Waals surface area contributed by atoms with Gasteiger partial charge in [-0.2, -0.15) is 5.10 Å². The average molecular weight is 522 g/mol. The maximum absolute atomic E-state index is 13.5. The Hall–Kier alpha value is -3.89. The van der Waals surface area contributed by atoms with E-state index in [2.05, 4.69) is 21.0 Å². The molecule has 0 bridgehead atoms. The number of hydrogen-bond acceptors (Lipinski definition) is 5. The molecule has 3 aliphatic rings. The van der Waals surface area contributed by atoms with Crippen molar-refractivity contribution < 1.29 is 19.2 Å². The summed E-state index contributed by atoms with van der Waals surface area (Å²) in [7, 11) is 1.69. The summed E-state index contributed by atoms with van der Waals surface area (Å²) in [4.78, 5) is 53.3. The molecule has 5 amide bonds. The Balaban J connectivity index is 1.35. The van der Waals surface area contributed by atoms with Crippen LogP contribution >= 0.6 is 0 Å². The van der Waals surface area contributed by atoms with Crippen LogP contribution in [0.3, 0.4) is 0 Å². The summed E-state index contributed by atoms with van der Waals surface area (Å²) in [5.74, 6) is -1.12. The van der Waals surface area contributed by atoms with E-state index in [1.807, 2.05) is 19.1 Å². The Kier molecular flexibility index (Phi) is 6.85. The lowest BCUT2D eigenvalue weighted by atomic mass is 9.83. The first-order chi connectivity index (χ1) is 18.2. The number of aromatic nitrogens is 2. The van der Waals surface area contributed by atoms with Crippen LogP contribution in [0.4, 0.5) is 10.5 Å². The van der Waals surface area contributed by atoms with Gasteiger partial charge in [0.15, 0.2) is 0 Å². The van der Waals surface area contributed by atoms with Crippen LogP contribution in [-0.4, -0.2) is 62.6 Å². The van der Waals surface area contributed by atoms with Crippen molar-refractivity contribution in [2.75, 3.05) is 11.9 Å². The molecule has 0 spiro atoms. The van der Waals surface area contributed by atoms with E-state index in [1.54, 1.807) is 30.3 Å². The van der Waals surface area contributed by atoms with Crippen molar-refractivity contribution in [1.82, 2.24) is 25.3 Å². The largest absolute Gasteiger partial charge is 0.368 e. The Morgan fingerprint density at radius 3 is 2.50 bits per heavy atom. The number of fused-ring (bicyclic) bond motifs is 1. The fourth-order valence-electron chi connectivity index (χ4n) is 6.19. The first-order valence-electron chi connectivity index (χ1n) is 13.3. The number of carbonyl (C=O) groups is 4. The number of hydrogen-bond donors (Lipinski definition) is 4. The monoisotopic (exact) mass is 521 g/mol. The number of primary amides is 1. The minimum Gasteiger partial charge on any atom is -0.368 e. The van der Waals surface area contributed by atoms with Gasteiger partial charge in [-0.1, -0.05) is 25.3 Å². The van der Waals surface area contributed by atoms with Crippen LogP contribution in [-0.2, 0) is 29.5 Å². The molecule has 2 aromatic rings. The van der Waals surface area contributed by atoms with E-state index >= 15 is 0 Å². The molecule has 0 radical (unpaired) electrons. The second kappa shape index (κ2) is 10.1. The van der Waals surface area contributed by atoms with Gasteiger partial charge < -0.3 is 26.6 Å². The van der Waals surface area contributed by atoms with Gasteiger partial charge >= 0.3 is 6.03 Å². The zero-order chi connectivity index (χ0) is 27.0. The molecule has 1 aromatic heterocycles. The number of anilines is 1. The lowest BCUT2D eigenvalue weighted by molar-refractivity contribution is -0.127. The SMILES string of the molecule is CC1CN(C2(C(N)=O)Cc3ccc(NC(=O)[C@@H](NC(=O)c4ccnn4C)C4CCCCC4)cc3C2)C(=O)N1. The fraction of sp³-hybridized carbons (Fsp3) is 0.519. The van der Waals surface area contributed by atoms with Crippen LogP contribution in [0.1, 0.15) is 60.6 Å². The number of rotatable bonds is 7. The van der Waals surface area contributed by atoms with E-state index in [-0.39, 0.29) is 36.2 Å². The number of amides is 5. The first kappa shape index (κ1) is 25.7. The van der Waals surface area contributed by atoms with Gasteiger partial charge in [0.25, 0.3) is 5.91 Å². The zero-order valence-corrected chi connectivity index (χ0v) is 21.8. The lowest BCUT2D eigenvalue weighted by Gasteiger charge is -2.34. The predicted molar refractivity (Wildman–Crippen MR) is 140 cm³/mol. The van der Waals surface area contributed by atoms with Crippen molar-refractivity contribution in [2.24, 2.45) is 18.7 Å². The number of aryl methyl sites for hydroxylation is 1. The Morgan fingerprint density at radius 2 is 1.87 bits per heavy atom. The van der Waals surface area contributed by atoms with Gasteiger partial charge in [0.1, 0.15) is 17.3 Å². The number of nitrogens with one attached hydrogen (secondary N) is 3. The summed E-state index contributed by atoms with van der Waals surface area (Å²) in [5, 5.41) is 12.8. The third kappa shape index (κ3) is 4.72. The Morgan fingerprint density at radius 1 is 1.13 bits per heavy atom. The molecule has 11 heteroatoms. The highest BCUT2D eigenvalue weighted by Gasteiger charge is 2.51. The van der Waals surface area contributed by atoms with E-state index in [0.717, 1.165) is 43.2 Å². The summed E-state index contributed by atoms with van der Waals surface area (Å²) in [6.45, 7) is 2.29. The van der Waals surface area contributed by atoms with Gasteiger partial charge in [-0.05, 0) is 55.0 Å². The molecule has 5 rings (SSSR count). The number of benzene rings is 1.